The molecule has 2 aromatic rings. The van der Waals surface area contributed by atoms with Crippen LogP contribution < -0.4 is 5.32 Å². The summed E-state index contributed by atoms with van der Waals surface area (Å²) in [5, 5.41) is 11.7. The zero-order chi connectivity index (χ0) is 14.9. The number of aryl methyl sites for hydroxylation is 2. The third kappa shape index (κ3) is 2.59. The minimum absolute atomic E-state index is 0.0144. The smallest absolute Gasteiger partial charge is 0.339 e. The normalized spacial score (nSPS) is 10.4. The van der Waals surface area contributed by atoms with E-state index in [-0.39, 0.29) is 17.1 Å². The molecular weight excluding hydrogens is 266 g/mol. The summed E-state index contributed by atoms with van der Waals surface area (Å²) in [4.78, 5) is 15.3. The number of benzene rings is 1. The summed E-state index contributed by atoms with van der Waals surface area (Å²) in [7, 11) is 0. The van der Waals surface area contributed by atoms with Gasteiger partial charge in [-0.15, -0.1) is 0 Å². The van der Waals surface area contributed by atoms with E-state index in [1.807, 2.05) is 0 Å². The molecule has 0 radical (unpaired) electrons. The summed E-state index contributed by atoms with van der Waals surface area (Å²) in [6, 6.07) is 5.22. The van der Waals surface area contributed by atoms with E-state index < -0.39 is 17.6 Å². The Morgan fingerprint density at radius 2 is 2.00 bits per heavy atom. The molecule has 0 bridgehead atoms. The Morgan fingerprint density at radius 1 is 1.30 bits per heavy atom. The van der Waals surface area contributed by atoms with Crippen LogP contribution in [0.1, 0.15) is 21.6 Å². The van der Waals surface area contributed by atoms with Gasteiger partial charge in [-0.3, -0.25) is 0 Å². The topological polar surface area (TPSA) is 62.2 Å². The largest absolute Gasteiger partial charge is 0.478 e. The maximum atomic E-state index is 13.6. The molecule has 20 heavy (non-hydrogen) atoms. The lowest BCUT2D eigenvalue weighted by atomic mass is 10.1. The molecule has 0 amide bonds. The van der Waals surface area contributed by atoms with Gasteiger partial charge in [0, 0.05) is 5.69 Å². The first-order valence-electron chi connectivity index (χ1n) is 5.82. The molecule has 0 spiro atoms. The molecule has 1 heterocycles. The molecule has 2 rings (SSSR count). The molecule has 0 saturated heterocycles. The predicted molar refractivity (Wildman–Crippen MR) is 70.3 cm³/mol. The molecule has 104 valence electrons. The number of nitrogens with one attached hydrogen (secondary N) is 1. The number of rotatable bonds is 3. The highest BCUT2D eigenvalue weighted by atomic mass is 19.2. The third-order valence-electron chi connectivity index (χ3n) is 2.76. The van der Waals surface area contributed by atoms with Gasteiger partial charge in [0.2, 0.25) is 0 Å². The SMILES string of the molecule is Cc1cc(C)c(C(=O)O)c(Nc2cccc(F)c2F)n1. The molecule has 0 aliphatic carbocycles. The number of carboxylic acids is 1. The van der Waals surface area contributed by atoms with Crippen molar-refractivity contribution in [3.63, 3.8) is 0 Å². The van der Waals surface area contributed by atoms with Gasteiger partial charge in [-0.05, 0) is 37.6 Å². The molecule has 0 atom stereocenters. The van der Waals surface area contributed by atoms with Crippen LogP contribution in [0.15, 0.2) is 24.3 Å². The van der Waals surface area contributed by atoms with Crippen molar-refractivity contribution in [2.24, 2.45) is 0 Å². The number of hydrogen-bond donors (Lipinski definition) is 2. The first kappa shape index (κ1) is 13.9. The van der Waals surface area contributed by atoms with E-state index in [4.69, 9.17) is 0 Å². The van der Waals surface area contributed by atoms with Crippen molar-refractivity contribution in [3.8, 4) is 0 Å². The van der Waals surface area contributed by atoms with Crippen molar-refractivity contribution in [1.82, 2.24) is 4.98 Å². The van der Waals surface area contributed by atoms with Gasteiger partial charge in [-0.1, -0.05) is 6.07 Å². The standard InChI is InChI=1S/C14H12F2N2O2/c1-7-6-8(2)17-13(11(7)14(19)20)18-10-5-3-4-9(15)12(10)16/h3-6H,1-2H3,(H,17,18)(H,19,20). The van der Waals surface area contributed by atoms with Gasteiger partial charge >= 0.3 is 5.97 Å². The van der Waals surface area contributed by atoms with Gasteiger partial charge in [0.05, 0.1) is 5.69 Å². The molecular formula is C14H12F2N2O2. The van der Waals surface area contributed by atoms with Gasteiger partial charge in [-0.25, -0.2) is 18.6 Å². The van der Waals surface area contributed by atoms with Crippen LogP contribution >= 0.6 is 0 Å². The average molecular weight is 278 g/mol. The number of anilines is 2. The van der Waals surface area contributed by atoms with Gasteiger partial charge in [-0.2, -0.15) is 0 Å². The van der Waals surface area contributed by atoms with E-state index in [1.165, 1.54) is 12.1 Å². The minimum atomic E-state index is -1.19. The van der Waals surface area contributed by atoms with Crippen molar-refractivity contribution in [2.45, 2.75) is 13.8 Å². The van der Waals surface area contributed by atoms with Gasteiger partial charge in [0.25, 0.3) is 0 Å². The van der Waals surface area contributed by atoms with Gasteiger partial charge in [0.1, 0.15) is 11.4 Å². The van der Waals surface area contributed by atoms with Crippen LogP contribution in [0.25, 0.3) is 0 Å². The Kier molecular flexibility index (Phi) is 3.65. The second kappa shape index (κ2) is 5.24. The second-order valence-corrected chi connectivity index (χ2v) is 4.34. The van der Waals surface area contributed by atoms with E-state index >= 15 is 0 Å². The number of carbonyl (C=O) groups is 1. The quantitative estimate of drug-likeness (QED) is 0.903. The number of nitrogens with zero attached hydrogens (tertiary/aromatic N) is 1. The summed E-state index contributed by atoms with van der Waals surface area (Å²) in [6.07, 6.45) is 0. The number of aromatic nitrogens is 1. The van der Waals surface area contributed by atoms with E-state index in [0.29, 0.717) is 11.3 Å². The Morgan fingerprint density at radius 3 is 2.65 bits per heavy atom. The highest BCUT2D eigenvalue weighted by molar-refractivity contribution is 5.95. The Labute approximate surface area is 114 Å². The Hall–Kier alpha value is -2.50. The summed E-state index contributed by atoms with van der Waals surface area (Å²) < 4.78 is 26.8. The maximum Gasteiger partial charge on any atom is 0.339 e. The summed E-state index contributed by atoms with van der Waals surface area (Å²) in [5.74, 6) is -3.30. The third-order valence-corrected chi connectivity index (χ3v) is 2.76. The fraction of sp³-hybridized carbons (Fsp3) is 0.143. The molecule has 0 unspecified atom stereocenters. The van der Waals surface area contributed by atoms with Crippen molar-refractivity contribution < 1.29 is 18.7 Å². The van der Waals surface area contributed by atoms with Crippen LogP contribution in [0.2, 0.25) is 0 Å². The van der Waals surface area contributed by atoms with Crippen LogP contribution in [0.3, 0.4) is 0 Å². The molecule has 0 saturated carbocycles. The number of hydrogen-bond acceptors (Lipinski definition) is 3. The van der Waals surface area contributed by atoms with E-state index in [1.54, 1.807) is 19.9 Å². The maximum absolute atomic E-state index is 13.6. The first-order chi connectivity index (χ1) is 9.40. The number of halogens is 2. The monoisotopic (exact) mass is 278 g/mol. The average Bonchev–Trinajstić information content (AvgIpc) is 2.33. The molecule has 1 aromatic carbocycles. The second-order valence-electron chi connectivity index (χ2n) is 4.34. The van der Waals surface area contributed by atoms with Gasteiger partial charge in [0.15, 0.2) is 11.6 Å². The van der Waals surface area contributed by atoms with Crippen LogP contribution in [0.5, 0.6) is 0 Å². The lowest BCUT2D eigenvalue weighted by Crippen LogP contribution is -2.09. The molecule has 0 aliphatic heterocycles. The van der Waals surface area contributed by atoms with E-state index in [0.717, 1.165) is 6.07 Å². The number of carboxylic acid groups (broad SMARTS) is 1. The molecule has 4 nitrogen and oxygen atoms in total. The summed E-state index contributed by atoms with van der Waals surface area (Å²) >= 11 is 0. The summed E-state index contributed by atoms with van der Waals surface area (Å²) in [6.45, 7) is 3.30. The molecule has 0 fully saturated rings. The fourth-order valence-corrected chi connectivity index (χ4v) is 1.93. The fourth-order valence-electron chi connectivity index (χ4n) is 1.93. The number of aromatic carboxylic acids is 1. The van der Waals surface area contributed by atoms with Crippen LogP contribution in [-0.4, -0.2) is 16.1 Å². The lowest BCUT2D eigenvalue weighted by Gasteiger charge is -2.12. The Bertz CT molecular complexity index is 687. The van der Waals surface area contributed by atoms with Gasteiger partial charge < -0.3 is 10.4 Å². The van der Waals surface area contributed by atoms with Crippen LogP contribution in [0, 0.1) is 25.5 Å². The van der Waals surface area contributed by atoms with Crippen molar-refractivity contribution in [2.75, 3.05) is 5.32 Å². The van der Waals surface area contributed by atoms with E-state index in [9.17, 15) is 18.7 Å². The molecule has 1 aromatic heterocycles. The first-order valence-corrected chi connectivity index (χ1v) is 5.82. The van der Waals surface area contributed by atoms with Crippen LogP contribution in [-0.2, 0) is 0 Å². The van der Waals surface area contributed by atoms with Crippen LogP contribution in [0.4, 0.5) is 20.3 Å². The molecule has 6 heteroatoms. The Balaban J connectivity index is 2.53. The molecule has 0 aliphatic rings. The van der Waals surface area contributed by atoms with Crippen molar-refractivity contribution in [3.05, 3.63) is 52.7 Å². The van der Waals surface area contributed by atoms with Crippen molar-refractivity contribution >= 4 is 17.5 Å². The molecule has 2 N–H and O–H groups in total. The highest BCUT2D eigenvalue weighted by Gasteiger charge is 2.17. The minimum Gasteiger partial charge on any atom is -0.478 e. The van der Waals surface area contributed by atoms with E-state index in [2.05, 4.69) is 10.3 Å². The van der Waals surface area contributed by atoms with Crippen molar-refractivity contribution in [1.29, 1.82) is 0 Å². The lowest BCUT2D eigenvalue weighted by molar-refractivity contribution is 0.0697. The predicted octanol–water partition coefficient (Wildman–Crippen LogP) is 3.42. The highest BCUT2D eigenvalue weighted by Crippen LogP contribution is 2.25. The summed E-state index contributed by atoms with van der Waals surface area (Å²) in [5.41, 5.74) is 0.834. The zero-order valence-corrected chi connectivity index (χ0v) is 10.9. The number of pyridine rings is 1. The zero-order valence-electron chi connectivity index (χ0n) is 10.9.